The quantitative estimate of drug-likeness (QED) is 0.851. The van der Waals surface area contributed by atoms with E-state index in [0.29, 0.717) is 6.54 Å². The van der Waals surface area contributed by atoms with Crippen molar-refractivity contribution >= 4 is 28.8 Å². The molecule has 3 rings (SSSR count). The van der Waals surface area contributed by atoms with Crippen molar-refractivity contribution in [2.45, 2.75) is 32.7 Å². The average molecular weight is 364 g/mol. The number of aromatic nitrogens is 1. The van der Waals surface area contributed by atoms with Gasteiger partial charge in [-0.15, -0.1) is 11.3 Å². The molecule has 0 spiro atoms. The van der Waals surface area contributed by atoms with Crippen molar-refractivity contribution in [1.29, 1.82) is 0 Å². The summed E-state index contributed by atoms with van der Waals surface area (Å²) < 4.78 is 0. The number of rotatable bonds is 6. The van der Waals surface area contributed by atoms with Crippen molar-refractivity contribution in [3.05, 3.63) is 50.4 Å². The highest BCUT2D eigenvalue weighted by atomic mass is 35.5. The number of likely N-dealkylation sites (tertiary alicyclic amines) is 1. The first kappa shape index (κ1) is 17.4. The number of carbonyl (C=O) groups is 1. The predicted molar refractivity (Wildman–Crippen MR) is 98.9 cm³/mol. The largest absolute Gasteiger partial charge is 0.351 e. The van der Waals surface area contributed by atoms with Gasteiger partial charge >= 0.3 is 0 Å². The minimum absolute atomic E-state index is 0.0281. The van der Waals surface area contributed by atoms with Gasteiger partial charge in [0.1, 0.15) is 9.88 Å². The molecule has 0 saturated carbocycles. The van der Waals surface area contributed by atoms with Crippen LogP contribution in [-0.4, -0.2) is 35.4 Å². The summed E-state index contributed by atoms with van der Waals surface area (Å²) in [7, 11) is 0. The molecule has 4 nitrogen and oxygen atoms in total. The Morgan fingerprint density at radius 3 is 2.92 bits per heavy atom. The van der Waals surface area contributed by atoms with Gasteiger partial charge in [0, 0.05) is 11.6 Å². The minimum Gasteiger partial charge on any atom is -0.351 e. The van der Waals surface area contributed by atoms with Crippen molar-refractivity contribution in [2.24, 2.45) is 0 Å². The summed E-state index contributed by atoms with van der Waals surface area (Å²) in [6.07, 6.45) is 3.30. The maximum absolute atomic E-state index is 12.4. The molecule has 1 aliphatic heterocycles. The van der Waals surface area contributed by atoms with Gasteiger partial charge in [-0.2, -0.15) is 0 Å². The first-order chi connectivity index (χ1) is 11.6. The summed E-state index contributed by atoms with van der Waals surface area (Å²) in [5.41, 5.74) is 1.95. The molecule has 1 aliphatic rings. The zero-order chi connectivity index (χ0) is 16.9. The SMILES string of the molecule is Cc1nc(CN2CCCC2)sc1C(=O)NCCc1cccc(Cl)c1. The monoisotopic (exact) mass is 363 g/mol. The maximum atomic E-state index is 12.4. The molecule has 24 heavy (non-hydrogen) atoms. The molecule has 2 aromatic rings. The van der Waals surface area contributed by atoms with E-state index in [0.717, 1.165) is 52.2 Å². The Labute approximate surface area is 151 Å². The summed E-state index contributed by atoms with van der Waals surface area (Å²) in [5, 5.41) is 4.75. The molecule has 0 bridgehead atoms. The van der Waals surface area contributed by atoms with Gasteiger partial charge in [0.05, 0.1) is 12.2 Å². The van der Waals surface area contributed by atoms with Crippen LogP contribution in [0.4, 0.5) is 0 Å². The Kier molecular flexibility index (Phi) is 5.87. The van der Waals surface area contributed by atoms with Crippen molar-refractivity contribution in [2.75, 3.05) is 19.6 Å². The fraction of sp³-hybridized carbons (Fsp3) is 0.444. The number of aryl methyl sites for hydroxylation is 1. The lowest BCUT2D eigenvalue weighted by Gasteiger charge is -2.11. The van der Waals surface area contributed by atoms with Crippen LogP contribution >= 0.6 is 22.9 Å². The number of nitrogens with one attached hydrogen (secondary N) is 1. The van der Waals surface area contributed by atoms with Crippen LogP contribution in [-0.2, 0) is 13.0 Å². The zero-order valence-corrected chi connectivity index (χ0v) is 15.4. The molecular formula is C18H22ClN3OS. The third-order valence-electron chi connectivity index (χ3n) is 4.19. The molecule has 128 valence electrons. The molecule has 1 amide bonds. The van der Waals surface area contributed by atoms with E-state index in [1.165, 1.54) is 24.2 Å². The fourth-order valence-electron chi connectivity index (χ4n) is 2.96. The Morgan fingerprint density at radius 1 is 1.38 bits per heavy atom. The van der Waals surface area contributed by atoms with E-state index in [1.54, 1.807) is 0 Å². The number of benzene rings is 1. The first-order valence-corrected chi connectivity index (χ1v) is 9.52. The van der Waals surface area contributed by atoms with Crippen LogP contribution in [0, 0.1) is 6.92 Å². The topological polar surface area (TPSA) is 45.2 Å². The summed E-state index contributed by atoms with van der Waals surface area (Å²) in [6.45, 7) is 5.65. The summed E-state index contributed by atoms with van der Waals surface area (Å²) in [6, 6.07) is 7.73. The van der Waals surface area contributed by atoms with Crippen LogP contribution in [0.25, 0.3) is 0 Å². The Balaban J connectivity index is 1.53. The number of nitrogens with zero attached hydrogens (tertiary/aromatic N) is 2. The number of amides is 1. The fourth-order valence-corrected chi connectivity index (χ4v) is 4.19. The van der Waals surface area contributed by atoms with E-state index in [1.807, 2.05) is 31.2 Å². The van der Waals surface area contributed by atoms with Crippen LogP contribution < -0.4 is 5.32 Å². The summed E-state index contributed by atoms with van der Waals surface area (Å²) >= 11 is 7.49. The second kappa shape index (κ2) is 8.10. The molecule has 1 aromatic carbocycles. The number of halogens is 1. The highest BCUT2D eigenvalue weighted by molar-refractivity contribution is 7.13. The second-order valence-corrected chi connectivity index (χ2v) is 7.66. The molecule has 0 aliphatic carbocycles. The van der Waals surface area contributed by atoms with Gasteiger partial charge in [-0.05, 0) is 57.0 Å². The van der Waals surface area contributed by atoms with E-state index in [-0.39, 0.29) is 5.91 Å². The highest BCUT2D eigenvalue weighted by Crippen LogP contribution is 2.21. The van der Waals surface area contributed by atoms with Gasteiger partial charge in [0.25, 0.3) is 5.91 Å². The van der Waals surface area contributed by atoms with E-state index in [2.05, 4.69) is 15.2 Å². The lowest BCUT2D eigenvalue weighted by Crippen LogP contribution is -2.25. The lowest BCUT2D eigenvalue weighted by molar-refractivity contribution is 0.0957. The Bertz CT molecular complexity index is 710. The van der Waals surface area contributed by atoms with Crippen LogP contribution in [0.3, 0.4) is 0 Å². The van der Waals surface area contributed by atoms with Crippen LogP contribution in [0.2, 0.25) is 5.02 Å². The van der Waals surface area contributed by atoms with Gasteiger partial charge in [-0.25, -0.2) is 4.98 Å². The normalized spacial score (nSPS) is 14.9. The van der Waals surface area contributed by atoms with Gasteiger partial charge < -0.3 is 5.32 Å². The maximum Gasteiger partial charge on any atom is 0.263 e. The summed E-state index contributed by atoms with van der Waals surface area (Å²) in [4.78, 5) is 20.1. The first-order valence-electron chi connectivity index (χ1n) is 8.33. The smallest absolute Gasteiger partial charge is 0.263 e. The van der Waals surface area contributed by atoms with Gasteiger partial charge in [0.2, 0.25) is 0 Å². The van der Waals surface area contributed by atoms with Crippen LogP contribution in [0.15, 0.2) is 24.3 Å². The molecular weight excluding hydrogens is 342 g/mol. The third-order valence-corrected chi connectivity index (χ3v) is 5.57. The number of hydrogen-bond donors (Lipinski definition) is 1. The number of thiazole rings is 1. The molecule has 2 heterocycles. The average Bonchev–Trinajstić information content (AvgIpc) is 3.17. The molecule has 6 heteroatoms. The standard InChI is InChI=1S/C18H22ClN3OS/c1-13-17(24-16(21-13)12-22-9-2-3-10-22)18(23)20-8-7-14-5-4-6-15(19)11-14/h4-6,11H,2-3,7-10,12H2,1H3,(H,20,23). The minimum atomic E-state index is -0.0281. The Hall–Kier alpha value is -1.43. The van der Waals surface area contributed by atoms with Gasteiger partial charge in [-0.1, -0.05) is 23.7 Å². The van der Waals surface area contributed by atoms with Gasteiger partial charge in [0.15, 0.2) is 0 Å². The molecule has 1 N–H and O–H groups in total. The molecule has 1 aromatic heterocycles. The lowest BCUT2D eigenvalue weighted by atomic mass is 10.1. The number of hydrogen-bond acceptors (Lipinski definition) is 4. The van der Waals surface area contributed by atoms with Crippen LogP contribution in [0.5, 0.6) is 0 Å². The predicted octanol–water partition coefficient (Wildman–Crippen LogP) is 3.67. The van der Waals surface area contributed by atoms with Crippen molar-refractivity contribution in [3.8, 4) is 0 Å². The summed E-state index contributed by atoms with van der Waals surface area (Å²) in [5.74, 6) is -0.0281. The molecule has 1 saturated heterocycles. The highest BCUT2D eigenvalue weighted by Gasteiger charge is 2.18. The third kappa shape index (κ3) is 4.56. The van der Waals surface area contributed by atoms with Gasteiger partial charge in [-0.3, -0.25) is 9.69 Å². The Morgan fingerprint density at radius 2 is 2.17 bits per heavy atom. The number of carbonyl (C=O) groups excluding carboxylic acids is 1. The van der Waals surface area contributed by atoms with Crippen molar-refractivity contribution < 1.29 is 4.79 Å². The van der Waals surface area contributed by atoms with E-state index >= 15 is 0 Å². The van der Waals surface area contributed by atoms with E-state index < -0.39 is 0 Å². The van der Waals surface area contributed by atoms with E-state index in [4.69, 9.17) is 11.6 Å². The molecule has 0 radical (unpaired) electrons. The van der Waals surface area contributed by atoms with E-state index in [9.17, 15) is 4.79 Å². The molecule has 1 fully saturated rings. The second-order valence-electron chi connectivity index (χ2n) is 6.14. The molecule has 0 atom stereocenters. The van der Waals surface area contributed by atoms with Crippen molar-refractivity contribution in [1.82, 2.24) is 15.2 Å². The zero-order valence-electron chi connectivity index (χ0n) is 13.8. The molecule has 0 unspecified atom stereocenters. The van der Waals surface area contributed by atoms with Crippen molar-refractivity contribution in [3.63, 3.8) is 0 Å². The van der Waals surface area contributed by atoms with Crippen LogP contribution in [0.1, 0.15) is 38.8 Å².